The van der Waals surface area contributed by atoms with Crippen molar-refractivity contribution in [1.29, 1.82) is 0 Å². The second-order valence-electron chi connectivity index (χ2n) is 5.72. The first-order chi connectivity index (χ1) is 9.57. The molecule has 2 rings (SSSR count). The fraction of sp³-hybridized carbons (Fsp3) is 0.857. The van der Waals surface area contributed by atoms with Gasteiger partial charge in [0.1, 0.15) is 5.54 Å². The van der Waals surface area contributed by atoms with Crippen LogP contribution in [0.4, 0.5) is 4.79 Å². The predicted molar refractivity (Wildman–Crippen MR) is 80.1 cm³/mol. The molecule has 0 bridgehead atoms. The quantitative estimate of drug-likeness (QED) is 0.728. The fourth-order valence-corrected chi connectivity index (χ4v) is 4.50. The highest BCUT2D eigenvalue weighted by Gasteiger charge is 2.43. The first-order valence-corrected chi connectivity index (χ1v) is 8.56. The molecule has 6 heteroatoms. The number of hydrogen-bond donors (Lipinski definition) is 3. The molecule has 0 spiro atoms. The van der Waals surface area contributed by atoms with Crippen molar-refractivity contribution >= 4 is 23.8 Å². The summed E-state index contributed by atoms with van der Waals surface area (Å²) in [6, 6.07) is -0.143. The highest BCUT2D eigenvalue weighted by atomic mass is 32.2. The van der Waals surface area contributed by atoms with Crippen LogP contribution in [0, 0.1) is 0 Å². The van der Waals surface area contributed by atoms with E-state index in [2.05, 4.69) is 17.6 Å². The molecule has 20 heavy (non-hydrogen) atoms. The van der Waals surface area contributed by atoms with Crippen molar-refractivity contribution in [2.45, 2.75) is 68.7 Å². The normalized spacial score (nSPS) is 28.2. The van der Waals surface area contributed by atoms with Gasteiger partial charge >= 0.3 is 12.0 Å². The third kappa shape index (κ3) is 3.40. The first-order valence-electron chi connectivity index (χ1n) is 7.51. The standard InChI is InChI=1S/C14H24N2O3S/c1-2-20-11-7-5-6-10(11)15-13(19)16-14(12(17)18)8-3-4-9-14/h10-11H,2-9H2,1H3,(H,17,18)(H2,15,16,19). The van der Waals surface area contributed by atoms with E-state index in [1.54, 1.807) is 0 Å². The Morgan fingerprint density at radius 2 is 1.95 bits per heavy atom. The van der Waals surface area contributed by atoms with Gasteiger partial charge in [0.2, 0.25) is 0 Å². The van der Waals surface area contributed by atoms with Gasteiger partial charge in [0, 0.05) is 11.3 Å². The number of carbonyl (C=O) groups is 2. The Morgan fingerprint density at radius 3 is 2.55 bits per heavy atom. The number of carbonyl (C=O) groups excluding carboxylic acids is 1. The summed E-state index contributed by atoms with van der Waals surface area (Å²) in [5.74, 6) is 0.139. The van der Waals surface area contributed by atoms with Crippen molar-refractivity contribution in [2.24, 2.45) is 0 Å². The van der Waals surface area contributed by atoms with E-state index in [-0.39, 0.29) is 12.1 Å². The zero-order valence-corrected chi connectivity index (χ0v) is 12.8. The molecule has 5 nitrogen and oxygen atoms in total. The van der Waals surface area contributed by atoms with Gasteiger partial charge in [-0.2, -0.15) is 11.8 Å². The van der Waals surface area contributed by atoms with Crippen LogP contribution in [0.3, 0.4) is 0 Å². The van der Waals surface area contributed by atoms with E-state index < -0.39 is 11.5 Å². The second kappa shape index (κ2) is 6.70. The molecular weight excluding hydrogens is 276 g/mol. The van der Waals surface area contributed by atoms with Gasteiger partial charge in [0.25, 0.3) is 0 Å². The number of hydrogen-bond acceptors (Lipinski definition) is 3. The van der Waals surface area contributed by atoms with Crippen LogP contribution in [0.1, 0.15) is 51.9 Å². The molecule has 114 valence electrons. The number of carboxylic acid groups (broad SMARTS) is 1. The van der Waals surface area contributed by atoms with Crippen molar-refractivity contribution in [3.63, 3.8) is 0 Å². The minimum absolute atomic E-state index is 0.173. The lowest BCUT2D eigenvalue weighted by atomic mass is 9.98. The van der Waals surface area contributed by atoms with Gasteiger partial charge in [0.05, 0.1) is 0 Å². The average molecular weight is 300 g/mol. The summed E-state index contributed by atoms with van der Waals surface area (Å²) in [5, 5.41) is 15.5. The lowest BCUT2D eigenvalue weighted by molar-refractivity contribution is -0.144. The maximum atomic E-state index is 12.1. The zero-order valence-electron chi connectivity index (χ0n) is 12.0. The Kier molecular flexibility index (Phi) is 5.18. The van der Waals surface area contributed by atoms with Crippen LogP contribution in [-0.2, 0) is 4.79 Å². The summed E-state index contributed by atoms with van der Waals surface area (Å²) < 4.78 is 0. The summed E-state index contributed by atoms with van der Waals surface area (Å²) >= 11 is 1.88. The molecular formula is C14H24N2O3S. The summed E-state index contributed by atoms with van der Waals surface area (Å²) in [5.41, 5.74) is -1.05. The Bertz CT molecular complexity index is 369. The zero-order chi connectivity index (χ0) is 14.6. The van der Waals surface area contributed by atoms with Gasteiger partial charge < -0.3 is 15.7 Å². The Labute approximate surface area is 124 Å². The molecule has 2 saturated carbocycles. The largest absolute Gasteiger partial charge is 0.480 e. The van der Waals surface area contributed by atoms with Crippen LogP contribution in [0.2, 0.25) is 0 Å². The molecule has 0 aromatic carbocycles. The highest BCUT2D eigenvalue weighted by Crippen LogP contribution is 2.31. The van der Waals surface area contributed by atoms with Crippen molar-refractivity contribution in [3.8, 4) is 0 Å². The molecule has 0 aromatic rings. The molecule has 2 aliphatic carbocycles. The number of urea groups is 1. The number of thioether (sulfide) groups is 1. The van der Waals surface area contributed by atoms with Crippen molar-refractivity contribution < 1.29 is 14.7 Å². The third-order valence-corrected chi connectivity index (χ3v) is 5.69. The molecule has 0 heterocycles. The van der Waals surface area contributed by atoms with E-state index in [0.29, 0.717) is 18.1 Å². The fourth-order valence-electron chi connectivity index (χ4n) is 3.30. The SMILES string of the molecule is CCSC1CCCC1NC(=O)NC1(C(=O)O)CCCC1. The Morgan fingerprint density at radius 1 is 1.25 bits per heavy atom. The molecule has 2 aliphatic rings. The van der Waals surface area contributed by atoms with Crippen LogP contribution >= 0.6 is 11.8 Å². The molecule has 2 amide bonds. The first kappa shape index (κ1) is 15.5. The van der Waals surface area contributed by atoms with Gasteiger partial charge in [-0.25, -0.2) is 9.59 Å². The van der Waals surface area contributed by atoms with Gasteiger partial charge in [0.15, 0.2) is 0 Å². The van der Waals surface area contributed by atoms with E-state index in [1.807, 2.05) is 11.8 Å². The van der Waals surface area contributed by atoms with E-state index in [0.717, 1.165) is 37.9 Å². The minimum Gasteiger partial charge on any atom is -0.480 e. The summed E-state index contributed by atoms with van der Waals surface area (Å²) in [6.45, 7) is 2.12. The van der Waals surface area contributed by atoms with Crippen LogP contribution in [0.15, 0.2) is 0 Å². The van der Waals surface area contributed by atoms with E-state index >= 15 is 0 Å². The maximum absolute atomic E-state index is 12.1. The molecule has 2 unspecified atom stereocenters. The maximum Gasteiger partial charge on any atom is 0.329 e. The van der Waals surface area contributed by atoms with Crippen LogP contribution in [-0.4, -0.2) is 39.7 Å². The third-order valence-electron chi connectivity index (χ3n) is 4.37. The molecule has 2 fully saturated rings. The molecule has 0 saturated heterocycles. The number of carboxylic acids is 1. The van der Waals surface area contributed by atoms with Crippen LogP contribution < -0.4 is 10.6 Å². The Balaban J connectivity index is 1.90. The van der Waals surface area contributed by atoms with E-state index in [1.165, 1.54) is 0 Å². The predicted octanol–water partition coefficient (Wildman–Crippen LogP) is 2.36. The lowest BCUT2D eigenvalue weighted by Gasteiger charge is -2.27. The van der Waals surface area contributed by atoms with Gasteiger partial charge in [-0.1, -0.05) is 26.2 Å². The molecule has 0 aliphatic heterocycles. The molecule has 3 N–H and O–H groups in total. The lowest BCUT2D eigenvalue weighted by Crippen LogP contribution is -2.57. The van der Waals surface area contributed by atoms with Gasteiger partial charge in [-0.3, -0.25) is 0 Å². The van der Waals surface area contributed by atoms with Crippen molar-refractivity contribution in [2.75, 3.05) is 5.75 Å². The topological polar surface area (TPSA) is 78.4 Å². The average Bonchev–Trinajstić information content (AvgIpc) is 3.01. The van der Waals surface area contributed by atoms with Crippen LogP contribution in [0.25, 0.3) is 0 Å². The Hall–Kier alpha value is -0.910. The summed E-state index contributed by atoms with van der Waals surface area (Å²) in [4.78, 5) is 23.5. The molecule has 0 radical (unpaired) electrons. The number of amides is 2. The minimum atomic E-state index is -1.05. The van der Waals surface area contributed by atoms with Gasteiger partial charge in [-0.05, 0) is 31.4 Å². The smallest absolute Gasteiger partial charge is 0.329 e. The number of nitrogens with one attached hydrogen (secondary N) is 2. The number of rotatable bonds is 5. The highest BCUT2D eigenvalue weighted by molar-refractivity contribution is 7.99. The van der Waals surface area contributed by atoms with Crippen LogP contribution in [0.5, 0.6) is 0 Å². The van der Waals surface area contributed by atoms with Gasteiger partial charge in [-0.15, -0.1) is 0 Å². The molecule has 0 aromatic heterocycles. The number of aliphatic carboxylic acids is 1. The van der Waals surface area contributed by atoms with E-state index in [4.69, 9.17) is 0 Å². The van der Waals surface area contributed by atoms with E-state index in [9.17, 15) is 14.7 Å². The summed E-state index contributed by atoms with van der Waals surface area (Å²) in [7, 11) is 0. The summed E-state index contributed by atoms with van der Waals surface area (Å²) in [6.07, 6.45) is 6.06. The van der Waals surface area contributed by atoms with Crippen molar-refractivity contribution in [1.82, 2.24) is 10.6 Å². The van der Waals surface area contributed by atoms with Crippen molar-refractivity contribution in [3.05, 3.63) is 0 Å². The second-order valence-corrected chi connectivity index (χ2v) is 7.24. The molecule has 2 atom stereocenters. The monoisotopic (exact) mass is 300 g/mol.